The van der Waals surface area contributed by atoms with Gasteiger partial charge in [-0.1, -0.05) is 6.07 Å². The van der Waals surface area contributed by atoms with Crippen molar-refractivity contribution in [3.8, 4) is 11.3 Å². The number of aromatic nitrogens is 1. The second-order valence-electron chi connectivity index (χ2n) is 6.72. The molecule has 1 N–H and O–H groups in total. The Labute approximate surface area is 174 Å². The molecule has 0 spiro atoms. The van der Waals surface area contributed by atoms with Gasteiger partial charge in [-0.2, -0.15) is 0 Å². The molecule has 29 heavy (non-hydrogen) atoms. The Kier molecular flexibility index (Phi) is 5.68. The van der Waals surface area contributed by atoms with Crippen molar-refractivity contribution in [2.45, 2.75) is 12.8 Å². The molecule has 1 unspecified atom stereocenters. The summed E-state index contributed by atoms with van der Waals surface area (Å²) in [6.45, 7) is 1.00. The van der Waals surface area contributed by atoms with Crippen molar-refractivity contribution in [1.29, 1.82) is 0 Å². The number of hydrogen-bond acceptors (Lipinski definition) is 5. The Morgan fingerprint density at radius 2 is 2.03 bits per heavy atom. The van der Waals surface area contributed by atoms with Crippen molar-refractivity contribution in [3.63, 3.8) is 0 Å². The van der Waals surface area contributed by atoms with Crippen LogP contribution < -0.4 is 5.32 Å². The van der Waals surface area contributed by atoms with E-state index in [0.29, 0.717) is 40.8 Å². The number of thiazole rings is 1. The molecular weight excluding hydrogens is 416 g/mol. The standard InChI is InChI=1S/C20H17F2N3O2S2/c21-14-6-5-12(9-15(14)22)16-11-29-20(23-16)24-18(26)13-3-1-7-25(10-13)19(27)17-4-2-8-28-17/h2,4-6,8-9,11,13H,1,3,7,10H2,(H,23,24,26). The summed E-state index contributed by atoms with van der Waals surface area (Å²) in [4.78, 5) is 31.9. The van der Waals surface area contributed by atoms with Crippen LogP contribution in [0.4, 0.5) is 13.9 Å². The summed E-state index contributed by atoms with van der Waals surface area (Å²) in [6, 6.07) is 7.17. The van der Waals surface area contributed by atoms with E-state index >= 15 is 0 Å². The molecule has 0 aliphatic carbocycles. The molecule has 1 aliphatic rings. The van der Waals surface area contributed by atoms with Crippen LogP contribution in [0.3, 0.4) is 0 Å². The number of carbonyl (C=O) groups excluding carboxylic acids is 2. The summed E-state index contributed by atoms with van der Waals surface area (Å²) in [5.74, 6) is -2.43. The summed E-state index contributed by atoms with van der Waals surface area (Å²) in [5.41, 5.74) is 0.897. The van der Waals surface area contributed by atoms with Gasteiger partial charge < -0.3 is 10.2 Å². The first-order chi connectivity index (χ1) is 14.0. The average Bonchev–Trinajstić information content (AvgIpc) is 3.42. The third-order valence-electron chi connectivity index (χ3n) is 4.76. The van der Waals surface area contributed by atoms with E-state index in [1.165, 1.54) is 28.7 Å². The first-order valence-corrected chi connectivity index (χ1v) is 10.8. The summed E-state index contributed by atoms with van der Waals surface area (Å²) >= 11 is 2.60. The van der Waals surface area contributed by atoms with Crippen molar-refractivity contribution >= 4 is 39.6 Å². The molecule has 2 aromatic heterocycles. The molecule has 2 amide bonds. The molecule has 0 bridgehead atoms. The SMILES string of the molecule is O=C(Nc1nc(-c2ccc(F)c(F)c2)cs1)C1CCCN(C(=O)c2cccs2)C1. The minimum absolute atomic E-state index is 0.0487. The van der Waals surface area contributed by atoms with Gasteiger partial charge in [0.2, 0.25) is 5.91 Å². The lowest BCUT2D eigenvalue weighted by molar-refractivity contribution is -0.121. The molecule has 1 atom stereocenters. The summed E-state index contributed by atoms with van der Waals surface area (Å²) in [5, 5.41) is 6.70. The number of piperidine rings is 1. The van der Waals surface area contributed by atoms with Crippen LogP contribution in [-0.2, 0) is 4.79 Å². The normalized spacial score (nSPS) is 16.6. The topological polar surface area (TPSA) is 62.3 Å². The Balaban J connectivity index is 1.41. The van der Waals surface area contributed by atoms with Crippen molar-refractivity contribution in [2.75, 3.05) is 18.4 Å². The monoisotopic (exact) mass is 433 g/mol. The van der Waals surface area contributed by atoms with Gasteiger partial charge in [0.05, 0.1) is 16.5 Å². The molecule has 5 nitrogen and oxygen atoms in total. The number of carbonyl (C=O) groups is 2. The lowest BCUT2D eigenvalue weighted by Crippen LogP contribution is -2.43. The van der Waals surface area contributed by atoms with E-state index in [0.717, 1.165) is 18.6 Å². The number of thiophene rings is 1. The predicted molar refractivity (Wildman–Crippen MR) is 109 cm³/mol. The van der Waals surface area contributed by atoms with Gasteiger partial charge in [0, 0.05) is 24.0 Å². The quantitative estimate of drug-likeness (QED) is 0.652. The van der Waals surface area contributed by atoms with E-state index in [1.54, 1.807) is 16.3 Å². The molecule has 3 heterocycles. The van der Waals surface area contributed by atoms with Crippen LogP contribution in [0.2, 0.25) is 0 Å². The smallest absolute Gasteiger partial charge is 0.263 e. The molecule has 1 aliphatic heterocycles. The van der Waals surface area contributed by atoms with Gasteiger partial charge in [-0.25, -0.2) is 13.8 Å². The number of amides is 2. The highest BCUT2D eigenvalue weighted by Gasteiger charge is 2.29. The van der Waals surface area contributed by atoms with E-state index in [1.807, 2.05) is 11.4 Å². The second kappa shape index (κ2) is 8.38. The van der Waals surface area contributed by atoms with E-state index < -0.39 is 11.6 Å². The summed E-state index contributed by atoms with van der Waals surface area (Å²) in [7, 11) is 0. The van der Waals surface area contributed by atoms with Gasteiger partial charge in [-0.05, 0) is 42.5 Å². The fraction of sp³-hybridized carbons (Fsp3) is 0.250. The Morgan fingerprint density at radius 3 is 2.79 bits per heavy atom. The van der Waals surface area contributed by atoms with Gasteiger partial charge in [-0.3, -0.25) is 9.59 Å². The van der Waals surface area contributed by atoms with Crippen LogP contribution in [0.15, 0.2) is 41.1 Å². The summed E-state index contributed by atoms with van der Waals surface area (Å²) in [6.07, 6.45) is 1.45. The van der Waals surface area contributed by atoms with E-state index in [9.17, 15) is 18.4 Å². The van der Waals surface area contributed by atoms with Crippen LogP contribution in [0.5, 0.6) is 0 Å². The number of likely N-dealkylation sites (tertiary alicyclic amines) is 1. The Bertz CT molecular complexity index is 1040. The summed E-state index contributed by atoms with van der Waals surface area (Å²) < 4.78 is 26.5. The third-order valence-corrected chi connectivity index (χ3v) is 6.38. The zero-order chi connectivity index (χ0) is 20.4. The zero-order valence-electron chi connectivity index (χ0n) is 15.2. The minimum Gasteiger partial charge on any atom is -0.337 e. The number of nitrogens with zero attached hydrogens (tertiary/aromatic N) is 2. The van der Waals surface area contributed by atoms with Gasteiger partial charge in [-0.15, -0.1) is 22.7 Å². The third kappa shape index (κ3) is 4.35. The van der Waals surface area contributed by atoms with Crippen LogP contribution in [0, 0.1) is 17.6 Å². The van der Waals surface area contributed by atoms with Crippen molar-refractivity contribution in [2.24, 2.45) is 5.92 Å². The number of benzene rings is 1. The number of nitrogens with one attached hydrogen (secondary N) is 1. The van der Waals surface area contributed by atoms with Crippen LogP contribution in [0.25, 0.3) is 11.3 Å². The first kappa shape index (κ1) is 19.7. The molecule has 1 fully saturated rings. The molecule has 0 saturated carbocycles. The highest BCUT2D eigenvalue weighted by atomic mass is 32.1. The number of hydrogen-bond donors (Lipinski definition) is 1. The van der Waals surface area contributed by atoms with Crippen LogP contribution in [0.1, 0.15) is 22.5 Å². The molecular formula is C20H17F2N3O2S2. The van der Waals surface area contributed by atoms with E-state index in [2.05, 4.69) is 10.3 Å². The predicted octanol–water partition coefficient (Wildman–Crippen LogP) is 4.64. The second-order valence-corrected chi connectivity index (χ2v) is 8.53. The fourth-order valence-corrected chi connectivity index (χ4v) is 4.67. The van der Waals surface area contributed by atoms with Crippen LogP contribution >= 0.6 is 22.7 Å². The van der Waals surface area contributed by atoms with Gasteiger partial charge in [0.25, 0.3) is 5.91 Å². The van der Waals surface area contributed by atoms with Crippen molar-refractivity contribution in [3.05, 3.63) is 57.6 Å². The molecule has 9 heteroatoms. The zero-order valence-corrected chi connectivity index (χ0v) is 16.9. The first-order valence-electron chi connectivity index (χ1n) is 9.06. The highest BCUT2D eigenvalue weighted by Crippen LogP contribution is 2.27. The average molecular weight is 434 g/mol. The van der Waals surface area contributed by atoms with Gasteiger partial charge in [0.1, 0.15) is 0 Å². The van der Waals surface area contributed by atoms with Crippen molar-refractivity contribution < 1.29 is 18.4 Å². The Morgan fingerprint density at radius 1 is 1.17 bits per heavy atom. The number of anilines is 1. The van der Waals surface area contributed by atoms with Crippen molar-refractivity contribution in [1.82, 2.24) is 9.88 Å². The van der Waals surface area contributed by atoms with Crippen LogP contribution in [-0.4, -0.2) is 34.8 Å². The molecule has 0 radical (unpaired) electrons. The number of rotatable bonds is 4. The van der Waals surface area contributed by atoms with Gasteiger partial charge >= 0.3 is 0 Å². The lowest BCUT2D eigenvalue weighted by atomic mass is 9.97. The van der Waals surface area contributed by atoms with Gasteiger partial charge in [0.15, 0.2) is 16.8 Å². The minimum atomic E-state index is -0.946. The lowest BCUT2D eigenvalue weighted by Gasteiger charge is -2.31. The fourth-order valence-electron chi connectivity index (χ4n) is 3.26. The van der Waals surface area contributed by atoms with E-state index in [-0.39, 0.29) is 17.7 Å². The highest BCUT2D eigenvalue weighted by molar-refractivity contribution is 7.14. The molecule has 1 aromatic carbocycles. The maximum Gasteiger partial charge on any atom is 0.263 e. The maximum atomic E-state index is 13.4. The largest absolute Gasteiger partial charge is 0.337 e. The number of halogens is 2. The maximum absolute atomic E-state index is 13.4. The Hall–Kier alpha value is -2.65. The molecule has 3 aromatic rings. The molecule has 4 rings (SSSR count). The molecule has 150 valence electrons. The molecule has 1 saturated heterocycles. The van der Waals surface area contributed by atoms with E-state index in [4.69, 9.17) is 0 Å².